The molecule has 1 fully saturated rings. The second-order valence-electron chi connectivity index (χ2n) is 6.12. The molecule has 3 rings (SSSR count). The summed E-state index contributed by atoms with van der Waals surface area (Å²) in [6.07, 6.45) is 0.690. The Morgan fingerprint density at radius 1 is 1.23 bits per heavy atom. The molecule has 1 saturated heterocycles. The lowest BCUT2D eigenvalue weighted by Gasteiger charge is -2.12. The number of rotatable bonds is 5. The van der Waals surface area contributed by atoms with Gasteiger partial charge in [0.05, 0.1) is 0 Å². The molecular weight excluding hydrogens is 354 g/mol. The van der Waals surface area contributed by atoms with Crippen molar-refractivity contribution in [1.82, 2.24) is 26.3 Å². The number of carbonyl (C=O) groups is 2. The molecule has 4 N–H and O–H groups in total. The van der Waals surface area contributed by atoms with Gasteiger partial charge in [0.15, 0.2) is 0 Å². The summed E-state index contributed by atoms with van der Waals surface area (Å²) in [5.74, 6) is -0.658. The molecule has 2 heterocycles. The third-order valence-corrected chi connectivity index (χ3v) is 5.17. The third-order valence-electron chi connectivity index (χ3n) is 4.29. The van der Waals surface area contributed by atoms with Crippen LogP contribution in [0.5, 0.6) is 0 Å². The van der Waals surface area contributed by atoms with E-state index in [9.17, 15) is 14.4 Å². The summed E-state index contributed by atoms with van der Waals surface area (Å²) in [6.45, 7) is 2.11. The molecule has 1 aliphatic heterocycles. The number of benzene rings is 1. The largest absolute Gasteiger partial charge is 0.307 e. The molecular formula is C17H21N5O3S. The lowest BCUT2D eigenvalue weighted by atomic mass is 10.0. The monoisotopic (exact) mass is 375 g/mol. The zero-order valence-electron chi connectivity index (χ0n) is 14.3. The fraction of sp³-hybridized carbons (Fsp3) is 0.353. The van der Waals surface area contributed by atoms with Crippen molar-refractivity contribution < 1.29 is 9.59 Å². The Labute approximate surface area is 154 Å². The van der Waals surface area contributed by atoms with E-state index < -0.39 is 6.04 Å². The highest BCUT2D eigenvalue weighted by Crippen LogP contribution is 2.21. The quantitative estimate of drug-likeness (QED) is 0.565. The molecule has 1 aliphatic rings. The molecule has 0 radical (unpaired) electrons. The molecule has 138 valence electrons. The van der Waals surface area contributed by atoms with Crippen molar-refractivity contribution >= 4 is 23.2 Å². The van der Waals surface area contributed by atoms with Gasteiger partial charge in [-0.3, -0.25) is 25.2 Å². The van der Waals surface area contributed by atoms with Gasteiger partial charge in [0, 0.05) is 30.1 Å². The van der Waals surface area contributed by atoms with E-state index in [2.05, 4.69) is 21.7 Å². The third kappa shape index (κ3) is 4.37. The van der Waals surface area contributed by atoms with Crippen LogP contribution in [-0.4, -0.2) is 22.4 Å². The predicted octanol–water partition coefficient (Wildman–Crippen LogP) is 0.364. The van der Waals surface area contributed by atoms with Crippen LogP contribution in [0.4, 0.5) is 0 Å². The molecule has 1 aromatic heterocycles. The van der Waals surface area contributed by atoms with Gasteiger partial charge in [-0.2, -0.15) is 0 Å². The molecule has 0 spiro atoms. The van der Waals surface area contributed by atoms with Crippen LogP contribution in [0.15, 0.2) is 40.5 Å². The number of hydrogen-bond acceptors (Lipinski definition) is 6. The molecule has 2 atom stereocenters. The molecule has 2 unspecified atom stereocenters. The van der Waals surface area contributed by atoms with E-state index in [1.165, 1.54) is 0 Å². The predicted molar refractivity (Wildman–Crippen MR) is 98.1 cm³/mol. The van der Waals surface area contributed by atoms with Gasteiger partial charge in [0.1, 0.15) is 6.04 Å². The molecule has 2 aromatic rings. The van der Waals surface area contributed by atoms with Crippen molar-refractivity contribution in [3.05, 3.63) is 56.6 Å². The molecule has 8 nitrogen and oxygen atoms in total. The van der Waals surface area contributed by atoms with Gasteiger partial charge in [-0.1, -0.05) is 41.7 Å². The normalized spacial score (nSPS) is 19.3. The first kappa shape index (κ1) is 18.3. The Morgan fingerprint density at radius 3 is 2.69 bits per heavy atom. The first-order valence-electron chi connectivity index (χ1n) is 8.34. The van der Waals surface area contributed by atoms with E-state index in [-0.39, 0.29) is 35.7 Å². The number of carbonyl (C=O) groups excluding carboxylic acids is 2. The summed E-state index contributed by atoms with van der Waals surface area (Å²) in [7, 11) is 0. The fourth-order valence-corrected chi connectivity index (χ4v) is 3.56. The minimum absolute atomic E-state index is 0.0380. The molecule has 1 aromatic carbocycles. The van der Waals surface area contributed by atoms with E-state index in [1.54, 1.807) is 9.95 Å². The SMILES string of the molecule is Cc1csc(=O)n1CCC(=O)NNC(=O)C1CC(c2ccccc2)NN1. The van der Waals surface area contributed by atoms with Gasteiger partial charge in [-0.25, -0.2) is 10.9 Å². The Morgan fingerprint density at radius 2 is 2.00 bits per heavy atom. The van der Waals surface area contributed by atoms with Crippen molar-refractivity contribution in [2.24, 2.45) is 0 Å². The smallest absolute Gasteiger partial charge is 0.303 e. The number of hydrogen-bond donors (Lipinski definition) is 4. The Kier molecular flexibility index (Phi) is 5.82. The van der Waals surface area contributed by atoms with Gasteiger partial charge in [0.25, 0.3) is 5.91 Å². The van der Waals surface area contributed by atoms with Crippen molar-refractivity contribution in [1.29, 1.82) is 0 Å². The summed E-state index contributed by atoms with van der Waals surface area (Å²) >= 11 is 1.11. The van der Waals surface area contributed by atoms with Crippen LogP contribution in [-0.2, 0) is 16.1 Å². The van der Waals surface area contributed by atoms with Gasteiger partial charge < -0.3 is 4.57 Å². The Bertz CT molecular complexity index is 832. The van der Waals surface area contributed by atoms with Gasteiger partial charge in [0.2, 0.25) is 5.91 Å². The van der Waals surface area contributed by atoms with E-state index >= 15 is 0 Å². The van der Waals surface area contributed by atoms with Gasteiger partial charge >= 0.3 is 4.87 Å². The fourth-order valence-electron chi connectivity index (χ4n) is 2.80. The minimum Gasteiger partial charge on any atom is -0.303 e. The van der Waals surface area contributed by atoms with Crippen LogP contribution in [0.3, 0.4) is 0 Å². The van der Waals surface area contributed by atoms with Crippen LogP contribution in [0.1, 0.15) is 30.1 Å². The topological polar surface area (TPSA) is 104 Å². The number of aryl methyl sites for hydroxylation is 1. The number of hydrazine groups is 2. The van der Waals surface area contributed by atoms with Crippen LogP contribution >= 0.6 is 11.3 Å². The van der Waals surface area contributed by atoms with Crippen molar-refractivity contribution in [3.63, 3.8) is 0 Å². The standard InChI is InChI=1S/C17H21N5O3S/c1-11-10-26-17(25)22(11)8-7-15(23)20-21-16(24)14-9-13(18-19-14)12-5-3-2-4-6-12/h2-6,10,13-14,18-19H,7-9H2,1H3,(H,20,23)(H,21,24). The number of nitrogens with one attached hydrogen (secondary N) is 4. The summed E-state index contributed by atoms with van der Waals surface area (Å²) in [5, 5.41) is 1.75. The van der Waals surface area contributed by atoms with Gasteiger partial charge in [-0.05, 0) is 18.9 Å². The van der Waals surface area contributed by atoms with Crippen molar-refractivity contribution in [3.8, 4) is 0 Å². The lowest BCUT2D eigenvalue weighted by Crippen LogP contribution is -2.50. The van der Waals surface area contributed by atoms with E-state index in [4.69, 9.17) is 0 Å². The first-order chi connectivity index (χ1) is 12.5. The number of amides is 2. The molecule has 0 bridgehead atoms. The average molecular weight is 375 g/mol. The van der Waals surface area contributed by atoms with Crippen LogP contribution in [0.2, 0.25) is 0 Å². The molecule has 9 heteroatoms. The van der Waals surface area contributed by atoms with Gasteiger partial charge in [-0.15, -0.1) is 0 Å². The second-order valence-corrected chi connectivity index (χ2v) is 6.94. The summed E-state index contributed by atoms with van der Waals surface area (Å²) in [5.41, 5.74) is 12.8. The minimum atomic E-state index is -0.442. The van der Waals surface area contributed by atoms with E-state index in [1.807, 2.05) is 37.3 Å². The van der Waals surface area contributed by atoms with Crippen LogP contribution < -0.4 is 26.6 Å². The maximum atomic E-state index is 12.2. The first-order valence-corrected chi connectivity index (χ1v) is 9.22. The highest BCUT2D eigenvalue weighted by molar-refractivity contribution is 7.07. The number of thiazole rings is 1. The molecule has 2 amide bonds. The maximum absolute atomic E-state index is 12.2. The summed E-state index contributed by atoms with van der Waals surface area (Å²) in [4.78, 5) is 35.6. The van der Waals surface area contributed by atoms with Crippen LogP contribution in [0, 0.1) is 6.92 Å². The summed E-state index contributed by atoms with van der Waals surface area (Å²) in [6, 6.07) is 9.43. The van der Waals surface area contributed by atoms with Crippen molar-refractivity contribution in [2.75, 3.05) is 0 Å². The molecule has 26 heavy (non-hydrogen) atoms. The van der Waals surface area contributed by atoms with E-state index in [0.717, 1.165) is 22.6 Å². The highest BCUT2D eigenvalue weighted by Gasteiger charge is 2.30. The number of aromatic nitrogens is 1. The highest BCUT2D eigenvalue weighted by atomic mass is 32.1. The van der Waals surface area contributed by atoms with E-state index in [0.29, 0.717) is 6.42 Å². The Hall–Kier alpha value is -2.49. The zero-order chi connectivity index (χ0) is 18.5. The zero-order valence-corrected chi connectivity index (χ0v) is 15.1. The Balaban J connectivity index is 1.43. The summed E-state index contributed by atoms with van der Waals surface area (Å²) < 4.78 is 1.54. The average Bonchev–Trinajstić information content (AvgIpc) is 3.26. The lowest BCUT2D eigenvalue weighted by molar-refractivity contribution is -0.130. The van der Waals surface area contributed by atoms with Crippen LogP contribution in [0.25, 0.3) is 0 Å². The molecule has 0 aliphatic carbocycles. The molecule has 0 saturated carbocycles. The number of nitrogens with zero attached hydrogens (tertiary/aromatic N) is 1. The maximum Gasteiger partial charge on any atom is 0.307 e. The second kappa shape index (κ2) is 8.26. The van der Waals surface area contributed by atoms with Crippen molar-refractivity contribution in [2.45, 2.75) is 38.4 Å².